The summed E-state index contributed by atoms with van der Waals surface area (Å²) in [4.78, 5) is 7.17. The minimum absolute atomic E-state index is 1.06. The minimum Gasteiger partial charge on any atom is -0.309 e. The first-order valence-electron chi connectivity index (χ1n) is 14.9. The Labute approximate surface area is 259 Å². The molecule has 0 saturated heterocycles. The third kappa shape index (κ3) is 3.98. The van der Waals surface area contributed by atoms with Crippen LogP contribution in [-0.4, -0.2) is 4.98 Å². The fourth-order valence-electron chi connectivity index (χ4n) is 6.59. The third-order valence-corrected chi connectivity index (χ3v) is 9.86. The fraction of sp³-hybridized carbons (Fsp3) is 0. The highest BCUT2D eigenvalue weighted by Crippen LogP contribution is 2.45. The van der Waals surface area contributed by atoms with Gasteiger partial charge in [0, 0.05) is 23.0 Å². The Balaban J connectivity index is 1.31. The summed E-state index contributed by atoms with van der Waals surface area (Å²) >= 11 is 1.81. The van der Waals surface area contributed by atoms with Crippen molar-refractivity contribution in [1.29, 1.82) is 0 Å². The van der Waals surface area contributed by atoms with Crippen molar-refractivity contribution in [1.82, 2.24) is 4.98 Å². The summed E-state index contributed by atoms with van der Waals surface area (Å²) in [6.45, 7) is 0. The van der Waals surface area contributed by atoms with Crippen LogP contribution in [0.2, 0.25) is 0 Å². The smallest absolute Gasteiger partial charge is 0.0889 e. The zero-order valence-corrected chi connectivity index (χ0v) is 24.6. The van der Waals surface area contributed by atoms with Gasteiger partial charge in [-0.15, -0.1) is 11.3 Å². The van der Waals surface area contributed by atoms with Crippen LogP contribution >= 0.6 is 11.3 Å². The van der Waals surface area contributed by atoms with Crippen LogP contribution in [0.4, 0.5) is 17.1 Å². The minimum atomic E-state index is 1.06. The molecule has 0 spiro atoms. The lowest BCUT2D eigenvalue weighted by Gasteiger charge is -2.27. The lowest BCUT2D eigenvalue weighted by Crippen LogP contribution is -2.10. The molecule has 0 fully saturated rings. The molecule has 0 atom stereocenters. The van der Waals surface area contributed by atoms with Crippen LogP contribution < -0.4 is 4.90 Å². The van der Waals surface area contributed by atoms with E-state index >= 15 is 0 Å². The normalized spacial score (nSPS) is 11.6. The van der Waals surface area contributed by atoms with Crippen LogP contribution in [0.3, 0.4) is 0 Å². The van der Waals surface area contributed by atoms with Gasteiger partial charge in [-0.2, -0.15) is 0 Å². The summed E-state index contributed by atoms with van der Waals surface area (Å²) in [6, 6.07) is 54.9. The highest BCUT2D eigenvalue weighted by atomic mass is 32.1. The number of thiophene rings is 1. The number of aromatic nitrogens is 1. The van der Waals surface area contributed by atoms with Crippen molar-refractivity contribution >= 4 is 81.0 Å². The maximum absolute atomic E-state index is 4.76. The Morgan fingerprint density at radius 1 is 0.477 bits per heavy atom. The molecule has 9 aromatic rings. The van der Waals surface area contributed by atoms with Crippen molar-refractivity contribution in [2.75, 3.05) is 4.90 Å². The van der Waals surface area contributed by atoms with Gasteiger partial charge in [0.15, 0.2) is 0 Å². The van der Waals surface area contributed by atoms with Crippen LogP contribution in [0, 0.1) is 0 Å². The molecule has 0 radical (unpaired) electrons. The first-order valence-corrected chi connectivity index (χ1v) is 15.7. The average Bonchev–Trinajstić information content (AvgIpc) is 3.48. The van der Waals surface area contributed by atoms with Gasteiger partial charge in [0.2, 0.25) is 0 Å². The van der Waals surface area contributed by atoms with Gasteiger partial charge < -0.3 is 4.90 Å². The summed E-state index contributed by atoms with van der Waals surface area (Å²) < 4.78 is 2.43. The predicted octanol–water partition coefficient (Wildman–Crippen LogP) is 12.0. The number of anilines is 3. The van der Waals surface area contributed by atoms with Crippen LogP contribution in [0.1, 0.15) is 0 Å². The average molecular weight is 579 g/mol. The van der Waals surface area contributed by atoms with Crippen LogP contribution in [0.25, 0.3) is 63.7 Å². The lowest BCUT2D eigenvalue weighted by atomic mass is 9.96. The second-order valence-electron chi connectivity index (χ2n) is 11.2. The molecule has 0 unspecified atom stereocenters. The number of fused-ring (bicyclic) bond motifs is 8. The van der Waals surface area contributed by atoms with Crippen LogP contribution in [0.5, 0.6) is 0 Å². The third-order valence-electron chi connectivity index (χ3n) is 8.67. The second kappa shape index (κ2) is 10.0. The number of nitrogens with zero attached hydrogens (tertiary/aromatic N) is 2. The van der Waals surface area contributed by atoms with E-state index in [1.165, 1.54) is 58.2 Å². The van der Waals surface area contributed by atoms with E-state index in [0.29, 0.717) is 0 Å². The zero-order valence-electron chi connectivity index (χ0n) is 23.8. The van der Waals surface area contributed by atoms with Crippen LogP contribution in [-0.2, 0) is 0 Å². The van der Waals surface area contributed by atoms with Crippen molar-refractivity contribution < 1.29 is 0 Å². The summed E-state index contributed by atoms with van der Waals surface area (Å²) in [5.74, 6) is 0. The Morgan fingerprint density at radius 3 is 2.02 bits per heavy atom. The molecule has 7 aromatic carbocycles. The molecule has 206 valence electrons. The summed E-state index contributed by atoms with van der Waals surface area (Å²) in [6.07, 6.45) is 1.89. The maximum Gasteiger partial charge on any atom is 0.0889 e. The fourth-order valence-corrected chi connectivity index (χ4v) is 7.76. The van der Waals surface area contributed by atoms with Gasteiger partial charge in [0.25, 0.3) is 0 Å². The molecule has 44 heavy (non-hydrogen) atoms. The summed E-state index contributed by atoms with van der Waals surface area (Å²) in [5, 5.41) is 8.77. The monoisotopic (exact) mass is 578 g/mol. The van der Waals surface area contributed by atoms with Gasteiger partial charge in [0.05, 0.1) is 20.6 Å². The molecule has 0 aliphatic carbocycles. The van der Waals surface area contributed by atoms with Gasteiger partial charge in [-0.25, -0.2) is 0 Å². The van der Waals surface area contributed by atoms with Crippen molar-refractivity contribution in [2.24, 2.45) is 0 Å². The Kier molecular flexibility index (Phi) is 5.71. The van der Waals surface area contributed by atoms with E-state index in [9.17, 15) is 0 Å². The van der Waals surface area contributed by atoms with E-state index in [2.05, 4.69) is 150 Å². The number of hydrogen-bond donors (Lipinski definition) is 0. The molecule has 0 aliphatic heterocycles. The Bertz CT molecular complexity index is 2490. The Morgan fingerprint density at radius 2 is 1.16 bits per heavy atom. The molecule has 2 heterocycles. The molecule has 2 nitrogen and oxygen atoms in total. The standard InChI is InChI=1S/C41H26N2S/c1-2-8-27(9-3-1)28-19-22-32(23-20-28)43(37-13-6-12-35-40-38(44-41(35)37)14-7-25-42-40)33-24-21-30-16-18-31-17-15-29-10-4-5-11-34(29)39(31)36(30)26-33/h1-26H. The molecular weight excluding hydrogens is 553 g/mol. The first kappa shape index (κ1) is 25.0. The van der Waals surface area contributed by atoms with E-state index in [-0.39, 0.29) is 0 Å². The molecule has 3 heteroatoms. The number of hydrogen-bond acceptors (Lipinski definition) is 3. The number of benzene rings is 7. The van der Waals surface area contributed by atoms with Gasteiger partial charge >= 0.3 is 0 Å². The molecule has 2 aromatic heterocycles. The topological polar surface area (TPSA) is 16.1 Å². The van der Waals surface area contributed by atoms with Gasteiger partial charge in [0.1, 0.15) is 0 Å². The molecule has 0 amide bonds. The largest absolute Gasteiger partial charge is 0.309 e. The predicted molar refractivity (Wildman–Crippen MR) is 190 cm³/mol. The quantitative estimate of drug-likeness (QED) is 0.193. The van der Waals surface area contributed by atoms with E-state index in [1.807, 2.05) is 23.6 Å². The number of rotatable bonds is 4. The van der Waals surface area contributed by atoms with E-state index in [0.717, 1.165) is 22.6 Å². The van der Waals surface area contributed by atoms with E-state index in [4.69, 9.17) is 4.98 Å². The van der Waals surface area contributed by atoms with Crippen LogP contribution in [0.15, 0.2) is 158 Å². The summed E-state index contributed by atoms with van der Waals surface area (Å²) in [5.41, 5.74) is 6.88. The summed E-state index contributed by atoms with van der Waals surface area (Å²) in [7, 11) is 0. The zero-order chi connectivity index (χ0) is 29.0. The van der Waals surface area contributed by atoms with Crippen molar-refractivity contribution in [3.63, 3.8) is 0 Å². The lowest BCUT2D eigenvalue weighted by molar-refractivity contribution is 1.31. The highest BCUT2D eigenvalue weighted by Gasteiger charge is 2.19. The van der Waals surface area contributed by atoms with E-state index < -0.39 is 0 Å². The molecular formula is C41H26N2S. The molecule has 0 aliphatic rings. The van der Waals surface area contributed by atoms with Gasteiger partial charge in [-0.1, -0.05) is 109 Å². The Hall–Kier alpha value is -5.51. The SMILES string of the molecule is c1ccc(-c2ccc(N(c3ccc4ccc5ccc6ccccc6c5c4c3)c3cccc4c3sc3cccnc34)cc2)cc1. The highest BCUT2D eigenvalue weighted by molar-refractivity contribution is 7.26. The van der Waals surface area contributed by atoms with Gasteiger partial charge in [-0.05, 0) is 85.9 Å². The molecule has 9 rings (SSSR count). The molecule has 0 N–H and O–H groups in total. The maximum atomic E-state index is 4.76. The number of pyridine rings is 1. The van der Waals surface area contributed by atoms with E-state index in [1.54, 1.807) is 0 Å². The van der Waals surface area contributed by atoms with Crippen molar-refractivity contribution in [3.05, 3.63) is 158 Å². The molecule has 0 bridgehead atoms. The molecule has 0 saturated carbocycles. The second-order valence-corrected chi connectivity index (χ2v) is 12.3. The van der Waals surface area contributed by atoms with Crippen molar-refractivity contribution in [3.8, 4) is 11.1 Å². The van der Waals surface area contributed by atoms with Gasteiger partial charge in [-0.3, -0.25) is 4.98 Å². The van der Waals surface area contributed by atoms with Crippen molar-refractivity contribution in [2.45, 2.75) is 0 Å². The first-order chi connectivity index (χ1) is 21.8.